The summed E-state index contributed by atoms with van der Waals surface area (Å²) in [5, 5.41) is 13.5. The molecule has 0 aliphatic carbocycles. The van der Waals surface area contributed by atoms with Crippen LogP contribution < -0.4 is 5.32 Å². The van der Waals surface area contributed by atoms with Crippen LogP contribution in [0.15, 0.2) is 24.3 Å². The average molecular weight is 286 g/mol. The van der Waals surface area contributed by atoms with E-state index in [1.165, 1.54) is 0 Å². The van der Waals surface area contributed by atoms with E-state index in [0.29, 0.717) is 24.5 Å². The number of carbonyl (C=O) groups excluding carboxylic acids is 1. The summed E-state index contributed by atoms with van der Waals surface area (Å²) < 4.78 is 4.88. The SMILES string of the molecule is COCCCC(=O)NC(C)C(O)c1ccc(Cl)cc1. The lowest BCUT2D eigenvalue weighted by molar-refractivity contribution is -0.122. The molecule has 2 atom stereocenters. The number of halogens is 1. The van der Waals surface area contributed by atoms with E-state index in [1.54, 1.807) is 38.3 Å². The van der Waals surface area contributed by atoms with Gasteiger partial charge in [0, 0.05) is 25.2 Å². The van der Waals surface area contributed by atoms with E-state index in [1.807, 2.05) is 0 Å². The van der Waals surface area contributed by atoms with Crippen LogP contribution >= 0.6 is 11.6 Å². The van der Waals surface area contributed by atoms with Gasteiger partial charge in [-0.1, -0.05) is 23.7 Å². The van der Waals surface area contributed by atoms with Gasteiger partial charge in [-0.15, -0.1) is 0 Å². The first-order valence-corrected chi connectivity index (χ1v) is 6.64. The number of aliphatic hydroxyl groups is 1. The summed E-state index contributed by atoms with van der Waals surface area (Å²) in [6.45, 7) is 2.33. The molecule has 0 heterocycles. The van der Waals surface area contributed by atoms with Crippen LogP contribution in [-0.2, 0) is 9.53 Å². The first kappa shape index (κ1) is 16.0. The highest BCUT2D eigenvalue weighted by Gasteiger charge is 2.18. The Kier molecular flexibility index (Phi) is 6.84. The highest BCUT2D eigenvalue weighted by Crippen LogP contribution is 2.19. The predicted octanol–water partition coefficient (Wildman–Crippen LogP) is 2.30. The second-order valence-electron chi connectivity index (χ2n) is 4.45. The highest BCUT2D eigenvalue weighted by molar-refractivity contribution is 6.30. The Morgan fingerprint density at radius 3 is 2.63 bits per heavy atom. The van der Waals surface area contributed by atoms with Crippen molar-refractivity contribution < 1.29 is 14.6 Å². The molecule has 0 bridgehead atoms. The number of hydrogen-bond acceptors (Lipinski definition) is 3. The number of nitrogens with one attached hydrogen (secondary N) is 1. The van der Waals surface area contributed by atoms with Gasteiger partial charge in [-0.05, 0) is 31.0 Å². The fourth-order valence-electron chi connectivity index (χ4n) is 1.73. The first-order valence-electron chi connectivity index (χ1n) is 6.26. The molecule has 4 nitrogen and oxygen atoms in total. The van der Waals surface area contributed by atoms with Crippen LogP contribution in [0.1, 0.15) is 31.4 Å². The highest BCUT2D eigenvalue weighted by atomic mass is 35.5. The smallest absolute Gasteiger partial charge is 0.220 e. The largest absolute Gasteiger partial charge is 0.386 e. The van der Waals surface area contributed by atoms with Crippen molar-refractivity contribution in [2.75, 3.05) is 13.7 Å². The molecule has 2 unspecified atom stereocenters. The van der Waals surface area contributed by atoms with Crippen LogP contribution in [0.3, 0.4) is 0 Å². The van der Waals surface area contributed by atoms with E-state index in [9.17, 15) is 9.90 Å². The van der Waals surface area contributed by atoms with E-state index in [4.69, 9.17) is 16.3 Å². The molecule has 5 heteroatoms. The van der Waals surface area contributed by atoms with Gasteiger partial charge in [0.15, 0.2) is 0 Å². The van der Waals surface area contributed by atoms with Crippen LogP contribution in [-0.4, -0.2) is 30.8 Å². The van der Waals surface area contributed by atoms with Crippen molar-refractivity contribution in [2.24, 2.45) is 0 Å². The number of benzene rings is 1. The summed E-state index contributed by atoms with van der Waals surface area (Å²) in [6, 6.07) is 6.58. The number of aliphatic hydroxyl groups excluding tert-OH is 1. The van der Waals surface area contributed by atoms with Gasteiger partial charge >= 0.3 is 0 Å². The Balaban J connectivity index is 2.46. The van der Waals surface area contributed by atoms with Crippen molar-refractivity contribution in [2.45, 2.75) is 31.9 Å². The molecule has 0 aromatic heterocycles. The molecule has 0 fully saturated rings. The molecular formula is C14H20ClNO3. The van der Waals surface area contributed by atoms with Gasteiger partial charge in [-0.25, -0.2) is 0 Å². The third kappa shape index (κ3) is 5.59. The maximum atomic E-state index is 11.6. The molecule has 1 rings (SSSR count). The predicted molar refractivity (Wildman–Crippen MR) is 75.1 cm³/mol. The van der Waals surface area contributed by atoms with Gasteiger partial charge in [0.2, 0.25) is 5.91 Å². The number of hydrogen-bond donors (Lipinski definition) is 2. The summed E-state index contributed by atoms with van der Waals surface area (Å²) in [4.78, 5) is 11.6. The van der Waals surface area contributed by atoms with Gasteiger partial charge < -0.3 is 15.2 Å². The zero-order valence-corrected chi connectivity index (χ0v) is 12.0. The van der Waals surface area contributed by atoms with E-state index in [0.717, 1.165) is 5.56 Å². The average Bonchev–Trinajstić information content (AvgIpc) is 2.39. The second-order valence-corrected chi connectivity index (χ2v) is 4.89. The summed E-state index contributed by atoms with van der Waals surface area (Å²) in [5.74, 6) is -0.0856. The van der Waals surface area contributed by atoms with E-state index in [2.05, 4.69) is 5.32 Å². The topological polar surface area (TPSA) is 58.6 Å². The van der Waals surface area contributed by atoms with Crippen LogP contribution in [0.4, 0.5) is 0 Å². The number of carbonyl (C=O) groups is 1. The van der Waals surface area contributed by atoms with Crippen LogP contribution in [0.2, 0.25) is 5.02 Å². The molecule has 0 radical (unpaired) electrons. The molecule has 2 N–H and O–H groups in total. The van der Waals surface area contributed by atoms with E-state index < -0.39 is 6.10 Å². The second kappa shape index (κ2) is 8.15. The van der Waals surface area contributed by atoms with Crippen LogP contribution in [0, 0.1) is 0 Å². The van der Waals surface area contributed by atoms with Crippen molar-refractivity contribution in [3.05, 3.63) is 34.9 Å². The lowest BCUT2D eigenvalue weighted by Crippen LogP contribution is -2.37. The standard InChI is InChI=1S/C14H20ClNO3/c1-10(16-13(17)4-3-9-19-2)14(18)11-5-7-12(15)8-6-11/h5-8,10,14,18H,3-4,9H2,1-2H3,(H,16,17). The Morgan fingerprint density at radius 1 is 1.42 bits per heavy atom. The molecular weight excluding hydrogens is 266 g/mol. The summed E-state index contributed by atoms with van der Waals surface area (Å²) >= 11 is 5.79. The van der Waals surface area contributed by atoms with Crippen molar-refractivity contribution in [3.8, 4) is 0 Å². The summed E-state index contributed by atoms with van der Waals surface area (Å²) in [7, 11) is 1.60. The Morgan fingerprint density at radius 2 is 2.05 bits per heavy atom. The third-order valence-electron chi connectivity index (χ3n) is 2.83. The normalized spacial score (nSPS) is 13.9. The molecule has 0 aliphatic heterocycles. The summed E-state index contributed by atoms with van der Waals surface area (Å²) in [5.41, 5.74) is 0.731. The lowest BCUT2D eigenvalue weighted by Gasteiger charge is -2.20. The maximum Gasteiger partial charge on any atom is 0.220 e. The van der Waals surface area contributed by atoms with Gasteiger partial charge in [0.25, 0.3) is 0 Å². The minimum Gasteiger partial charge on any atom is -0.386 e. The van der Waals surface area contributed by atoms with Gasteiger partial charge in [0.1, 0.15) is 0 Å². The zero-order chi connectivity index (χ0) is 14.3. The molecule has 1 aromatic rings. The molecule has 0 saturated carbocycles. The monoisotopic (exact) mass is 285 g/mol. The van der Waals surface area contributed by atoms with Crippen molar-refractivity contribution in [1.29, 1.82) is 0 Å². The molecule has 106 valence electrons. The minimum atomic E-state index is -0.747. The molecule has 1 aromatic carbocycles. The van der Waals surface area contributed by atoms with E-state index in [-0.39, 0.29) is 11.9 Å². The Hall–Kier alpha value is -1.10. The van der Waals surface area contributed by atoms with Gasteiger partial charge in [-0.2, -0.15) is 0 Å². The lowest BCUT2D eigenvalue weighted by atomic mass is 10.0. The van der Waals surface area contributed by atoms with Gasteiger partial charge in [-0.3, -0.25) is 4.79 Å². The van der Waals surface area contributed by atoms with Crippen molar-refractivity contribution in [3.63, 3.8) is 0 Å². The third-order valence-corrected chi connectivity index (χ3v) is 3.08. The molecule has 19 heavy (non-hydrogen) atoms. The molecule has 0 saturated heterocycles. The number of ether oxygens (including phenoxy) is 1. The number of methoxy groups -OCH3 is 1. The minimum absolute atomic E-state index is 0.0856. The molecule has 1 amide bonds. The van der Waals surface area contributed by atoms with E-state index >= 15 is 0 Å². The summed E-state index contributed by atoms with van der Waals surface area (Å²) in [6.07, 6.45) is 0.320. The van der Waals surface area contributed by atoms with Gasteiger partial charge in [0.05, 0.1) is 12.1 Å². The zero-order valence-electron chi connectivity index (χ0n) is 11.2. The van der Waals surface area contributed by atoms with Crippen LogP contribution in [0.5, 0.6) is 0 Å². The number of rotatable bonds is 7. The van der Waals surface area contributed by atoms with Crippen LogP contribution in [0.25, 0.3) is 0 Å². The Labute approximate surface area is 118 Å². The fraction of sp³-hybridized carbons (Fsp3) is 0.500. The van der Waals surface area contributed by atoms with Crippen molar-refractivity contribution >= 4 is 17.5 Å². The fourth-order valence-corrected chi connectivity index (χ4v) is 1.86. The molecule has 0 spiro atoms. The first-order chi connectivity index (χ1) is 9.04. The number of amides is 1. The maximum absolute atomic E-state index is 11.6. The quantitative estimate of drug-likeness (QED) is 0.756. The van der Waals surface area contributed by atoms with Crippen molar-refractivity contribution in [1.82, 2.24) is 5.32 Å². The Bertz CT molecular complexity index is 394. The molecule has 0 aliphatic rings.